The summed E-state index contributed by atoms with van der Waals surface area (Å²) in [5.74, 6) is 0. The van der Waals surface area contributed by atoms with E-state index in [2.05, 4.69) is 16.9 Å². The topological polar surface area (TPSA) is 79.1 Å². The summed E-state index contributed by atoms with van der Waals surface area (Å²) in [7, 11) is -4.38. The molecule has 0 radical (unpaired) electrons. The molecule has 0 bridgehead atoms. The maximum Gasteiger partial charge on any atom is 0.312 e. The molecule has 0 saturated heterocycles. The summed E-state index contributed by atoms with van der Waals surface area (Å²) in [6.45, 7) is 2.22. The Labute approximate surface area is 151 Å². The molecular formula is C19H30N2O3S. The van der Waals surface area contributed by atoms with E-state index in [0.29, 0.717) is 17.1 Å². The lowest BCUT2D eigenvalue weighted by Crippen LogP contribution is -2.33. The number of hydrogen-bond donors (Lipinski definition) is 1. The maximum atomic E-state index is 11.9. The molecule has 0 aromatic heterocycles. The summed E-state index contributed by atoms with van der Waals surface area (Å²) in [6, 6.07) is 7.03. The van der Waals surface area contributed by atoms with Gasteiger partial charge in [-0.2, -0.15) is 8.42 Å². The van der Waals surface area contributed by atoms with E-state index < -0.39 is 15.1 Å². The second-order valence-corrected chi connectivity index (χ2v) is 8.47. The molecular weight excluding hydrogens is 336 g/mol. The van der Waals surface area contributed by atoms with Crippen molar-refractivity contribution in [1.82, 2.24) is 0 Å². The van der Waals surface area contributed by atoms with Crippen LogP contribution < -0.4 is 10.7 Å². The second kappa shape index (κ2) is 9.43. The van der Waals surface area contributed by atoms with Gasteiger partial charge < -0.3 is 0 Å². The van der Waals surface area contributed by atoms with Gasteiger partial charge in [0, 0.05) is 6.42 Å². The van der Waals surface area contributed by atoms with Crippen molar-refractivity contribution >= 4 is 10.1 Å². The fourth-order valence-corrected chi connectivity index (χ4v) is 4.08. The molecule has 1 N–H and O–H groups in total. The van der Waals surface area contributed by atoms with Gasteiger partial charge in [0.2, 0.25) is 0 Å². The highest BCUT2D eigenvalue weighted by Crippen LogP contribution is 2.28. The van der Waals surface area contributed by atoms with Crippen LogP contribution in [0.1, 0.15) is 77.6 Å². The smallest absolute Gasteiger partial charge is 0.282 e. The lowest BCUT2D eigenvalue weighted by molar-refractivity contribution is 0.406. The molecule has 140 valence electrons. The Morgan fingerprint density at radius 1 is 0.840 bits per heavy atom. The van der Waals surface area contributed by atoms with Crippen LogP contribution in [-0.4, -0.2) is 18.0 Å². The highest BCUT2D eigenvalue weighted by Gasteiger charge is 2.43. The Hall–Kier alpha value is -1.27. The van der Waals surface area contributed by atoms with Crippen LogP contribution in [0.2, 0.25) is 0 Å². The molecule has 5 nitrogen and oxygen atoms in total. The van der Waals surface area contributed by atoms with Crippen molar-refractivity contribution in [1.29, 1.82) is 0 Å². The van der Waals surface area contributed by atoms with Gasteiger partial charge in [0.25, 0.3) is 4.99 Å². The largest absolute Gasteiger partial charge is 0.312 e. The van der Waals surface area contributed by atoms with Crippen molar-refractivity contribution in [3.63, 3.8) is 0 Å². The van der Waals surface area contributed by atoms with Crippen molar-refractivity contribution in [2.24, 2.45) is 9.98 Å². The molecule has 1 heterocycles. The van der Waals surface area contributed by atoms with Gasteiger partial charge in [-0.05, 0) is 18.6 Å². The van der Waals surface area contributed by atoms with Crippen molar-refractivity contribution in [3.8, 4) is 0 Å². The number of fused-ring (bicyclic) bond motifs is 1. The van der Waals surface area contributed by atoms with Crippen LogP contribution >= 0.6 is 0 Å². The van der Waals surface area contributed by atoms with Crippen LogP contribution in [0.3, 0.4) is 0 Å². The van der Waals surface area contributed by atoms with Crippen molar-refractivity contribution in [3.05, 3.63) is 35.0 Å². The Bertz CT molecular complexity index is 724. The summed E-state index contributed by atoms with van der Waals surface area (Å²) >= 11 is 0. The predicted octanol–water partition coefficient (Wildman–Crippen LogP) is 3.79. The van der Waals surface area contributed by atoms with Crippen molar-refractivity contribution in [2.75, 3.05) is 0 Å². The number of para-hydroxylation sites is 2. The monoisotopic (exact) mass is 366 g/mol. The Morgan fingerprint density at radius 3 is 1.72 bits per heavy atom. The van der Waals surface area contributed by atoms with Crippen LogP contribution in [0.25, 0.3) is 0 Å². The molecule has 0 amide bonds. The van der Waals surface area contributed by atoms with Gasteiger partial charge in [-0.25, -0.2) is 9.98 Å². The molecule has 0 spiro atoms. The maximum absolute atomic E-state index is 11.9. The minimum Gasteiger partial charge on any atom is -0.282 e. The Morgan fingerprint density at radius 2 is 1.28 bits per heavy atom. The van der Waals surface area contributed by atoms with Gasteiger partial charge >= 0.3 is 10.1 Å². The van der Waals surface area contributed by atoms with Crippen LogP contribution in [0.5, 0.6) is 0 Å². The summed E-state index contributed by atoms with van der Waals surface area (Å²) in [5, 5.41) is 1.07. The number of nitrogens with zero attached hydrogens (tertiary/aromatic N) is 2. The van der Waals surface area contributed by atoms with E-state index in [-0.39, 0.29) is 6.42 Å². The van der Waals surface area contributed by atoms with Gasteiger partial charge in [0.1, 0.15) is 0 Å². The molecule has 25 heavy (non-hydrogen) atoms. The molecule has 6 heteroatoms. The van der Waals surface area contributed by atoms with E-state index in [1.165, 1.54) is 44.9 Å². The Kier molecular flexibility index (Phi) is 7.56. The minimum absolute atomic E-state index is 0.233. The summed E-state index contributed by atoms with van der Waals surface area (Å²) < 4.78 is 33.4. The third kappa shape index (κ3) is 5.61. The summed E-state index contributed by atoms with van der Waals surface area (Å²) in [4.78, 5) is 6.71. The van der Waals surface area contributed by atoms with Crippen molar-refractivity contribution in [2.45, 2.75) is 82.5 Å². The Balaban J connectivity index is 1.78. The average molecular weight is 367 g/mol. The molecule has 0 saturated carbocycles. The zero-order valence-corrected chi connectivity index (χ0v) is 16.0. The molecule has 1 aliphatic rings. The molecule has 0 unspecified atom stereocenters. The molecule has 2 rings (SSSR count). The fourth-order valence-electron chi connectivity index (χ4n) is 3.25. The highest BCUT2D eigenvalue weighted by atomic mass is 32.2. The van der Waals surface area contributed by atoms with Gasteiger partial charge in [0.05, 0.1) is 10.7 Å². The van der Waals surface area contributed by atoms with E-state index >= 15 is 0 Å². The van der Waals surface area contributed by atoms with Crippen LogP contribution in [-0.2, 0) is 10.1 Å². The quantitative estimate of drug-likeness (QED) is 0.451. The van der Waals surface area contributed by atoms with E-state index in [0.717, 1.165) is 12.8 Å². The van der Waals surface area contributed by atoms with E-state index in [4.69, 9.17) is 0 Å². The first kappa shape index (κ1) is 20.0. The van der Waals surface area contributed by atoms with Crippen LogP contribution in [0, 0.1) is 0 Å². The van der Waals surface area contributed by atoms with E-state index in [9.17, 15) is 13.0 Å². The fraction of sp³-hybridized carbons (Fsp3) is 0.684. The normalized spacial score (nSPS) is 15.4. The number of benzene rings is 1. The molecule has 1 aliphatic heterocycles. The zero-order chi connectivity index (χ0) is 18.2. The first-order chi connectivity index (χ1) is 12.0. The molecule has 0 aliphatic carbocycles. The SMILES string of the molecule is CCCCCCCCCCCCC1(S(=O)(=O)O)N=c2ccccc2=N1. The summed E-state index contributed by atoms with van der Waals surface area (Å²) in [5.41, 5.74) is 0. The minimum atomic E-state index is -4.38. The lowest BCUT2D eigenvalue weighted by atomic mass is 10.1. The third-order valence-electron chi connectivity index (χ3n) is 4.74. The van der Waals surface area contributed by atoms with Crippen molar-refractivity contribution < 1.29 is 13.0 Å². The molecule has 1 aromatic rings. The van der Waals surface area contributed by atoms with Crippen LogP contribution in [0.4, 0.5) is 0 Å². The molecule has 1 aromatic carbocycles. The first-order valence-corrected chi connectivity index (χ1v) is 10.9. The van der Waals surface area contributed by atoms with Gasteiger partial charge in [-0.15, -0.1) is 0 Å². The first-order valence-electron chi connectivity index (χ1n) is 9.50. The predicted molar refractivity (Wildman–Crippen MR) is 99.5 cm³/mol. The van der Waals surface area contributed by atoms with Gasteiger partial charge in [-0.1, -0.05) is 76.8 Å². The zero-order valence-electron chi connectivity index (χ0n) is 15.2. The molecule has 0 atom stereocenters. The van der Waals surface area contributed by atoms with Gasteiger partial charge in [-0.3, -0.25) is 4.55 Å². The average Bonchev–Trinajstić information content (AvgIpc) is 2.96. The summed E-state index contributed by atoms with van der Waals surface area (Å²) in [6.07, 6.45) is 11.9. The molecule has 0 fully saturated rings. The van der Waals surface area contributed by atoms with Crippen LogP contribution in [0.15, 0.2) is 34.3 Å². The van der Waals surface area contributed by atoms with E-state index in [1.54, 1.807) is 24.3 Å². The lowest BCUT2D eigenvalue weighted by Gasteiger charge is -2.19. The number of unbranched alkanes of at least 4 members (excludes halogenated alkanes) is 9. The second-order valence-electron chi connectivity index (χ2n) is 6.86. The van der Waals surface area contributed by atoms with E-state index in [1.807, 2.05) is 0 Å². The third-order valence-corrected chi connectivity index (χ3v) is 5.95. The standard InChI is InChI=1S/C19H30N2O3S/c1-2-3-4-5-6-7-8-9-10-13-16-19(25(22,23)24)20-17-14-11-12-15-18(17)21-19/h11-12,14-15H,2-10,13,16H2,1H3,(H,22,23,24). The number of rotatable bonds is 12. The number of hydrogen-bond acceptors (Lipinski definition) is 4. The highest BCUT2D eigenvalue weighted by molar-refractivity contribution is 7.87. The van der Waals surface area contributed by atoms with Gasteiger partial charge in [0.15, 0.2) is 0 Å².